The van der Waals surface area contributed by atoms with Gasteiger partial charge in [-0.05, 0) is 43.2 Å². The van der Waals surface area contributed by atoms with Crippen molar-refractivity contribution in [3.63, 3.8) is 0 Å². The van der Waals surface area contributed by atoms with E-state index in [1.165, 1.54) is 18.5 Å². The van der Waals surface area contributed by atoms with Gasteiger partial charge in [0, 0.05) is 44.3 Å². The number of ether oxygens (including phenoxy) is 2. The quantitative estimate of drug-likeness (QED) is 0.724. The molecule has 0 radical (unpaired) electrons. The first-order chi connectivity index (χ1) is 12.3. The summed E-state index contributed by atoms with van der Waals surface area (Å²) in [6, 6.07) is 6.23. The Labute approximate surface area is 148 Å². The molecule has 0 amide bonds. The van der Waals surface area contributed by atoms with Crippen LogP contribution < -0.4 is 9.64 Å². The van der Waals surface area contributed by atoms with Gasteiger partial charge in [0.2, 0.25) is 5.88 Å². The molecule has 0 spiro atoms. The summed E-state index contributed by atoms with van der Waals surface area (Å²) in [6.45, 7) is 4.64. The van der Waals surface area contributed by atoms with Crippen LogP contribution in [0.1, 0.15) is 25.0 Å². The highest BCUT2D eigenvalue weighted by molar-refractivity contribution is 5.42. The molecule has 0 unspecified atom stereocenters. The van der Waals surface area contributed by atoms with Crippen molar-refractivity contribution in [3.8, 4) is 5.88 Å². The van der Waals surface area contributed by atoms with Crippen molar-refractivity contribution in [1.82, 2.24) is 14.5 Å². The Morgan fingerprint density at radius 3 is 2.96 bits per heavy atom. The third-order valence-electron chi connectivity index (χ3n) is 5.09. The highest BCUT2D eigenvalue weighted by Gasteiger charge is 2.24. The monoisotopic (exact) mass is 342 g/mol. The van der Waals surface area contributed by atoms with E-state index in [0.29, 0.717) is 11.8 Å². The van der Waals surface area contributed by atoms with Crippen LogP contribution in [0.3, 0.4) is 0 Å². The van der Waals surface area contributed by atoms with Crippen LogP contribution in [-0.2, 0) is 17.8 Å². The minimum atomic E-state index is 0.536. The van der Waals surface area contributed by atoms with Crippen molar-refractivity contribution in [2.75, 3.05) is 31.8 Å². The summed E-state index contributed by atoms with van der Waals surface area (Å²) in [5.74, 6) is 2.89. The number of methoxy groups -OCH3 is 1. The third-order valence-corrected chi connectivity index (χ3v) is 5.09. The van der Waals surface area contributed by atoms with Crippen LogP contribution in [-0.4, -0.2) is 41.4 Å². The average molecular weight is 342 g/mol. The van der Waals surface area contributed by atoms with Crippen molar-refractivity contribution in [3.05, 3.63) is 36.4 Å². The van der Waals surface area contributed by atoms with Crippen LogP contribution in [0.25, 0.3) is 0 Å². The summed E-state index contributed by atoms with van der Waals surface area (Å²) in [5.41, 5.74) is 1.32. The lowest BCUT2D eigenvalue weighted by atomic mass is 10.1. The normalized spacial score (nSPS) is 20.2. The summed E-state index contributed by atoms with van der Waals surface area (Å²) in [6.07, 6.45) is 7.52. The predicted molar refractivity (Wildman–Crippen MR) is 95.7 cm³/mol. The van der Waals surface area contributed by atoms with Gasteiger partial charge in [0.25, 0.3) is 0 Å². The highest BCUT2D eigenvalue weighted by Crippen LogP contribution is 2.29. The summed E-state index contributed by atoms with van der Waals surface area (Å²) >= 11 is 0. The maximum absolute atomic E-state index is 5.87. The van der Waals surface area contributed by atoms with Crippen molar-refractivity contribution in [2.24, 2.45) is 11.8 Å². The lowest BCUT2D eigenvalue weighted by Gasteiger charge is -2.25. The zero-order valence-electron chi connectivity index (χ0n) is 14.8. The summed E-state index contributed by atoms with van der Waals surface area (Å²) in [5, 5.41) is 0. The van der Waals surface area contributed by atoms with E-state index in [0.717, 1.165) is 51.0 Å². The van der Waals surface area contributed by atoms with Gasteiger partial charge in [0.05, 0.1) is 13.7 Å². The van der Waals surface area contributed by atoms with Gasteiger partial charge in [0.1, 0.15) is 12.1 Å². The molecule has 1 aliphatic heterocycles. The SMILES string of the molecule is COc1cc(N2Cc3cccn3C[C@@H](CCOCC3CC3)C2)ncn1. The summed E-state index contributed by atoms with van der Waals surface area (Å²) in [7, 11) is 1.64. The zero-order valence-corrected chi connectivity index (χ0v) is 14.8. The molecule has 6 nitrogen and oxygen atoms in total. The van der Waals surface area contributed by atoms with Gasteiger partial charge in [-0.2, -0.15) is 0 Å². The van der Waals surface area contributed by atoms with E-state index >= 15 is 0 Å². The number of rotatable bonds is 7. The highest BCUT2D eigenvalue weighted by atomic mass is 16.5. The smallest absolute Gasteiger partial charge is 0.218 e. The molecule has 2 aromatic rings. The Balaban J connectivity index is 1.46. The van der Waals surface area contributed by atoms with E-state index < -0.39 is 0 Å². The number of hydrogen-bond donors (Lipinski definition) is 0. The molecule has 1 saturated carbocycles. The van der Waals surface area contributed by atoms with Gasteiger partial charge in [-0.15, -0.1) is 0 Å². The molecule has 2 aromatic heterocycles. The number of fused-ring (bicyclic) bond motifs is 1. The molecule has 0 bridgehead atoms. The molecule has 1 fully saturated rings. The molecule has 3 heterocycles. The van der Waals surface area contributed by atoms with Gasteiger partial charge < -0.3 is 18.9 Å². The fourth-order valence-corrected chi connectivity index (χ4v) is 3.43. The average Bonchev–Trinajstić information content (AvgIpc) is 3.40. The minimum Gasteiger partial charge on any atom is -0.481 e. The van der Waals surface area contributed by atoms with Crippen molar-refractivity contribution >= 4 is 5.82 Å². The van der Waals surface area contributed by atoms with Gasteiger partial charge in [-0.25, -0.2) is 9.97 Å². The van der Waals surface area contributed by atoms with Crippen LogP contribution in [0.2, 0.25) is 0 Å². The standard InChI is InChI=1S/C19H26N4O2/c1-24-19-9-18(20-14-21-19)23-11-16(6-8-25-13-15-4-5-15)10-22-7-2-3-17(22)12-23/h2-3,7,9,14-16H,4-6,8,10-13H2,1H3/t16-/m1/s1. The molecule has 1 atom stereocenters. The van der Waals surface area contributed by atoms with Crippen LogP contribution in [0.4, 0.5) is 5.82 Å². The molecule has 1 aliphatic carbocycles. The summed E-state index contributed by atoms with van der Waals surface area (Å²) in [4.78, 5) is 10.9. The topological polar surface area (TPSA) is 52.4 Å². The Morgan fingerprint density at radius 2 is 2.12 bits per heavy atom. The second kappa shape index (κ2) is 7.44. The van der Waals surface area contributed by atoms with Crippen LogP contribution in [0.5, 0.6) is 5.88 Å². The van der Waals surface area contributed by atoms with Gasteiger partial charge >= 0.3 is 0 Å². The lowest BCUT2D eigenvalue weighted by molar-refractivity contribution is 0.110. The molecule has 134 valence electrons. The van der Waals surface area contributed by atoms with E-state index in [2.05, 4.69) is 37.8 Å². The van der Waals surface area contributed by atoms with Crippen LogP contribution >= 0.6 is 0 Å². The van der Waals surface area contributed by atoms with Crippen molar-refractivity contribution in [1.29, 1.82) is 0 Å². The molecular formula is C19H26N4O2. The molecule has 0 saturated heterocycles. The fourth-order valence-electron chi connectivity index (χ4n) is 3.43. The molecule has 0 N–H and O–H groups in total. The number of nitrogens with zero attached hydrogens (tertiary/aromatic N) is 4. The second-order valence-electron chi connectivity index (χ2n) is 7.12. The Kier molecular flexibility index (Phi) is 4.88. The van der Waals surface area contributed by atoms with Crippen molar-refractivity contribution in [2.45, 2.75) is 32.4 Å². The Morgan fingerprint density at radius 1 is 1.20 bits per heavy atom. The van der Waals surface area contributed by atoms with Gasteiger partial charge in [0.15, 0.2) is 0 Å². The van der Waals surface area contributed by atoms with E-state index in [1.54, 1.807) is 13.4 Å². The molecule has 0 aromatic carbocycles. The largest absolute Gasteiger partial charge is 0.481 e. The second-order valence-corrected chi connectivity index (χ2v) is 7.12. The number of aromatic nitrogens is 3. The first-order valence-electron chi connectivity index (χ1n) is 9.14. The van der Waals surface area contributed by atoms with Crippen LogP contribution in [0, 0.1) is 11.8 Å². The molecule has 2 aliphatic rings. The maximum atomic E-state index is 5.87. The van der Waals surface area contributed by atoms with Gasteiger partial charge in [-0.1, -0.05) is 0 Å². The predicted octanol–water partition coefficient (Wildman–Crippen LogP) is 2.74. The molecule has 25 heavy (non-hydrogen) atoms. The van der Waals surface area contributed by atoms with E-state index in [9.17, 15) is 0 Å². The fraction of sp³-hybridized carbons (Fsp3) is 0.579. The summed E-state index contributed by atoms with van der Waals surface area (Å²) < 4.78 is 13.5. The molecule has 4 rings (SSSR count). The van der Waals surface area contributed by atoms with E-state index in [-0.39, 0.29) is 0 Å². The van der Waals surface area contributed by atoms with Crippen LogP contribution in [0.15, 0.2) is 30.7 Å². The third kappa shape index (κ3) is 4.12. The Bertz CT molecular complexity index is 698. The minimum absolute atomic E-state index is 0.536. The van der Waals surface area contributed by atoms with E-state index in [1.807, 2.05) is 6.07 Å². The lowest BCUT2D eigenvalue weighted by Crippen LogP contribution is -2.29. The zero-order chi connectivity index (χ0) is 17.1. The first-order valence-corrected chi connectivity index (χ1v) is 9.14. The van der Waals surface area contributed by atoms with Crippen molar-refractivity contribution < 1.29 is 9.47 Å². The maximum Gasteiger partial charge on any atom is 0.218 e. The molecular weight excluding hydrogens is 316 g/mol. The number of hydrogen-bond acceptors (Lipinski definition) is 5. The van der Waals surface area contributed by atoms with Gasteiger partial charge in [-0.3, -0.25) is 0 Å². The molecule has 6 heteroatoms. The number of anilines is 1. The Hall–Kier alpha value is -2.08. The first kappa shape index (κ1) is 16.4. The van der Waals surface area contributed by atoms with E-state index in [4.69, 9.17) is 9.47 Å².